The number of fused-ring (bicyclic) bond motifs is 2. The van der Waals surface area contributed by atoms with Crippen LogP contribution in [0.5, 0.6) is 0 Å². The molecule has 5 atom stereocenters. The number of ether oxygens (including phenoxy) is 1. The molecule has 0 unspecified atom stereocenters. The Balaban J connectivity index is 1.96. The smallest absolute Gasteiger partial charge is 0.309 e. The van der Waals surface area contributed by atoms with Crippen molar-refractivity contribution in [2.45, 2.75) is 32.8 Å². The van der Waals surface area contributed by atoms with Gasteiger partial charge in [0.05, 0.1) is 5.92 Å². The zero-order chi connectivity index (χ0) is 13.1. The molecule has 3 rings (SSSR count). The van der Waals surface area contributed by atoms with Gasteiger partial charge in [0.2, 0.25) is 0 Å². The summed E-state index contributed by atoms with van der Waals surface area (Å²) < 4.78 is 5.47. The van der Waals surface area contributed by atoms with Gasteiger partial charge in [0.1, 0.15) is 6.10 Å². The van der Waals surface area contributed by atoms with Crippen molar-refractivity contribution in [2.75, 3.05) is 0 Å². The fourth-order valence-electron chi connectivity index (χ4n) is 3.78. The Morgan fingerprint density at radius 2 is 2.17 bits per heavy atom. The standard InChI is InChI=1S/C15H18O3/c1-8-10-6-11-9(2)12(16)4-5-15(11,3)7-13(10)18-14(8)17/h4-5,8,10-11,13H,2,6-7H2,1,3H3/t8-,10+,11-,13+,15-/m0/s1. The third kappa shape index (κ3) is 1.43. The predicted molar refractivity (Wildman–Crippen MR) is 66.7 cm³/mol. The summed E-state index contributed by atoms with van der Waals surface area (Å²) in [5.74, 6) is 0.301. The fourth-order valence-corrected chi connectivity index (χ4v) is 3.78. The number of hydrogen-bond acceptors (Lipinski definition) is 3. The van der Waals surface area contributed by atoms with E-state index in [1.807, 2.05) is 13.0 Å². The van der Waals surface area contributed by atoms with Crippen LogP contribution in [0, 0.1) is 23.2 Å². The van der Waals surface area contributed by atoms with Gasteiger partial charge in [-0.05, 0) is 35.8 Å². The molecule has 96 valence electrons. The maximum atomic E-state index is 11.7. The van der Waals surface area contributed by atoms with E-state index in [9.17, 15) is 9.59 Å². The molecule has 1 saturated carbocycles. The molecule has 0 radical (unpaired) electrons. The van der Waals surface area contributed by atoms with E-state index in [0.29, 0.717) is 5.57 Å². The van der Waals surface area contributed by atoms with E-state index in [2.05, 4.69) is 13.5 Å². The number of carbonyl (C=O) groups excluding carboxylic acids is 2. The molecule has 18 heavy (non-hydrogen) atoms. The number of carbonyl (C=O) groups is 2. The number of hydrogen-bond donors (Lipinski definition) is 0. The second kappa shape index (κ2) is 3.56. The number of rotatable bonds is 0. The summed E-state index contributed by atoms with van der Waals surface area (Å²) in [6.45, 7) is 8.02. The Hall–Kier alpha value is -1.38. The van der Waals surface area contributed by atoms with E-state index in [4.69, 9.17) is 4.74 Å². The maximum absolute atomic E-state index is 11.7. The molecule has 1 heterocycles. The highest BCUT2D eigenvalue weighted by atomic mass is 16.6. The molecule has 2 fully saturated rings. The molecule has 3 heteroatoms. The molecule has 1 saturated heterocycles. The topological polar surface area (TPSA) is 43.4 Å². The molecule has 0 aromatic carbocycles. The molecule has 0 N–H and O–H groups in total. The van der Waals surface area contributed by atoms with Gasteiger partial charge in [-0.3, -0.25) is 9.59 Å². The van der Waals surface area contributed by atoms with Crippen LogP contribution in [0.3, 0.4) is 0 Å². The van der Waals surface area contributed by atoms with E-state index in [1.165, 1.54) is 0 Å². The molecule has 0 amide bonds. The molecule has 0 aromatic rings. The summed E-state index contributed by atoms with van der Waals surface area (Å²) in [7, 11) is 0. The SMILES string of the molecule is C=C1C(=O)C=C[C@@]2(C)C[C@H]3OC(=O)[C@@H](C)[C@H]3C[C@@H]12. The van der Waals surface area contributed by atoms with Crippen LogP contribution in [-0.2, 0) is 14.3 Å². The summed E-state index contributed by atoms with van der Waals surface area (Å²) >= 11 is 0. The quantitative estimate of drug-likeness (QED) is 0.486. The Labute approximate surface area is 107 Å². The van der Waals surface area contributed by atoms with E-state index in [0.717, 1.165) is 12.8 Å². The maximum Gasteiger partial charge on any atom is 0.309 e. The van der Waals surface area contributed by atoms with Crippen LogP contribution in [0.15, 0.2) is 24.3 Å². The molecule has 3 aliphatic rings. The number of esters is 1. The van der Waals surface area contributed by atoms with Crippen molar-refractivity contribution in [3.63, 3.8) is 0 Å². The van der Waals surface area contributed by atoms with Crippen molar-refractivity contribution in [1.82, 2.24) is 0 Å². The van der Waals surface area contributed by atoms with Crippen molar-refractivity contribution < 1.29 is 14.3 Å². The zero-order valence-corrected chi connectivity index (χ0v) is 10.8. The first-order valence-corrected chi connectivity index (χ1v) is 6.55. The van der Waals surface area contributed by atoms with Gasteiger partial charge in [-0.2, -0.15) is 0 Å². The van der Waals surface area contributed by atoms with Crippen LogP contribution in [0.4, 0.5) is 0 Å². The second-order valence-electron chi connectivity index (χ2n) is 6.15. The normalized spacial score (nSPS) is 46.7. The van der Waals surface area contributed by atoms with Gasteiger partial charge < -0.3 is 4.74 Å². The van der Waals surface area contributed by atoms with Gasteiger partial charge in [-0.25, -0.2) is 0 Å². The van der Waals surface area contributed by atoms with Crippen LogP contribution >= 0.6 is 0 Å². The predicted octanol–water partition coefficient (Wildman–Crippen LogP) is 2.28. The van der Waals surface area contributed by atoms with E-state index in [1.54, 1.807) is 6.08 Å². The minimum absolute atomic E-state index is 0.0133. The van der Waals surface area contributed by atoms with Crippen molar-refractivity contribution in [1.29, 1.82) is 0 Å². The molecule has 0 spiro atoms. The van der Waals surface area contributed by atoms with E-state index >= 15 is 0 Å². The lowest BCUT2D eigenvalue weighted by Crippen LogP contribution is -2.44. The van der Waals surface area contributed by atoms with Gasteiger partial charge in [0.15, 0.2) is 5.78 Å². The summed E-state index contributed by atoms with van der Waals surface area (Å²) in [6.07, 6.45) is 5.27. The number of allylic oxidation sites excluding steroid dienone is 3. The van der Waals surface area contributed by atoms with Crippen LogP contribution in [0.2, 0.25) is 0 Å². The highest BCUT2D eigenvalue weighted by Crippen LogP contribution is 2.54. The Morgan fingerprint density at radius 1 is 1.44 bits per heavy atom. The van der Waals surface area contributed by atoms with Crippen molar-refractivity contribution in [3.8, 4) is 0 Å². The Kier molecular flexibility index (Phi) is 2.31. The Morgan fingerprint density at radius 3 is 2.89 bits per heavy atom. The lowest BCUT2D eigenvalue weighted by atomic mass is 9.57. The van der Waals surface area contributed by atoms with Crippen molar-refractivity contribution in [3.05, 3.63) is 24.3 Å². The molecule has 3 nitrogen and oxygen atoms in total. The van der Waals surface area contributed by atoms with Crippen LogP contribution in [0.1, 0.15) is 26.7 Å². The average Bonchev–Trinajstić information content (AvgIpc) is 2.58. The molecule has 0 aromatic heterocycles. The highest BCUT2D eigenvalue weighted by molar-refractivity contribution is 6.05. The minimum atomic E-state index is -0.0897. The van der Waals surface area contributed by atoms with Crippen LogP contribution in [0.25, 0.3) is 0 Å². The molecular weight excluding hydrogens is 228 g/mol. The van der Waals surface area contributed by atoms with Crippen molar-refractivity contribution in [2.24, 2.45) is 23.2 Å². The van der Waals surface area contributed by atoms with E-state index in [-0.39, 0.29) is 41.0 Å². The lowest BCUT2D eigenvalue weighted by Gasteiger charge is -2.46. The van der Waals surface area contributed by atoms with Crippen LogP contribution < -0.4 is 0 Å². The summed E-state index contributed by atoms with van der Waals surface area (Å²) in [6, 6.07) is 0. The second-order valence-corrected chi connectivity index (χ2v) is 6.15. The van der Waals surface area contributed by atoms with Gasteiger partial charge in [0, 0.05) is 5.92 Å². The van der Waals surface area contributed by atoms with Gasteiger partial charge >= 0.3 is 5.97 Å². The third-order valence-corrected chi connectivity index (χ3v) is 5.06. The van der Waals surface area contributed by atoms with E-state index < -0.39 is 0 Å². The largest absolute Gasteiger partial charge is 0.462 e. The summed E-state index contributed by atoms with van der Waals surface area (Å²) in [5.41, 5.74) is 0.612. The number of ketones is 1. The Bertz CT molecular complexity index is 476. The first-order chi connectivity index (χ1) is 8.42. The van der Waals surface area contributed by atoms with Gasteiger partial charge in [-0.15, -0.1) is 0 Å². The lowest BCUT2D eigenvalue weighted by molar-refractivity contribution is -0.145. The summed E-state index contributed by atoms with van der Waals surface area (Å²) in [4.78, 5) is 23.4. The highest BCUT2D eigenvalue weighted by Gasteiger charge is 2.53. The van der Waals surface area contributed by atoms with Gasteiger partial charge in [0.25, 0.3) is 0 Å². The van der Waals surface area contributed by atoms with Gasteiger partial charge in [-0.1, -0.05) is 26.5 Å². The third-order valence-electron chi connectivity index (χ3n) is 5.06. The monoisotopic (exact) mass is 246 g/mol. The zero-order valence-electron chi connectivity index (χ0n) is 10.8. The molecule has 2 aliphatic carbocycles. The molecule has 1 aliphatic heterocycles. The van der Waals surface area contributed by atoms with Crippen molar-refractivity contribution >= 4 is 11.8 Å². The summed E-state index contributed by atoms with van der Waals surface area (Å²) in [5, 5.41) is 0. The fraction of sp³-hybridized carbons (Fsp3) is 0.600. The minimum Gasteiger partial charge on any atom is -0.462 e. The molecular formula is C15H18O3. The van der Waals surface area contributed by atoms with Crippen LogP contribution in [-0.4, -0.2) is 17.9 Å². The average molecular weight is 246 g/mol. The first kappa shape index (κ1) is 11.7. The molecule has 0 bridgehead atoms. The first-order valence-electron chi connectivity index (χ1n) is 6.55.